The predicted octanol–water partition coefficient (Wildman–Crippen LogP) is 2.63. The van der Waals surface area contributed by atoms with Crippen LogP contribution in [0.15, 0.2) is 64.2 Å². The molecule has 0 saturated carbocycles. The van der Waals surface area contributed by atoms with Gasteiger partial charge >= 0.3 is 0 Å². The summed E-state index contributed by atoms with van der Waals surface area (Å²) < 4.78 is 5.30. The number of rotatable bonds is 5. The number of benzene rings is 2. The van der Waals surface area contributed by atoms with Gasteiger partial charge in [0.2, 0.25) is 11.5 Å². The molecule has 0 unspecified atom stereocenters. The lowest BCUT2D eigenvalue weighted by Gasteiger charge is -2.01. The molecule has 3 aromatic rings. The van der Waals surface area contributed by atoms with Crippen LogP contribution in [0.4, 0.5) is 5.69 Å². The van der Waals surface area contributed by atoms with Gasteiger partial charge in [0.1, 0.15) is 6.07 Å². The maximum absolute atomic E-state index is 8.79. The van der Waals surface area contributed by atoms with E-state index in [4.69, 9.17) is 20.9 Å². The van der Waals surface area contributed by atoms with Gasteiger partial charge in [-0.05, 0) is 24.3 Å². The molecule has 122 valence electrons. The minimum atomic E-state index is -0.397. The Morgan fingerprint density at radius 1 is 1.12 bits per heavy atom. The second-order valence-corrected chi connectivity index (χ2v) is 4.96. The molecule has 1 aromatic heterocycles. The standard InChI is InChI=1S/C17H13N7O/c18-10-14(15(19)20)23-22-13-8-6-12(7-9-13)17-21-16(24-25-17)11-4-2-1-3-5-11/h1-9,22H,(H3,19,20)/b23-14+. The highest BCUT2D eigenvalue weighted by Gasteiger charge is 2.10. The molecule has 0 saturated heterocycles. The first-order chi connectivity index (χ1) is 12.2. The molecule has 0 aliphatic rings. The van der Waals surface area contributed by atoms with Gasteiger partial charge in [0, 0.05) is 11.1 Å². The number of aromatic nitrogens is 2. The molecule has 8 heteroatoms. The Bertz CT molecular complexity index is 953. The summed E-state index contributed by atoms with van der Waals surface area (Å²) >= 11 is 0. The third-order valence-corrected chi connectivity index (χ3v) is 3.25. The molecular weight excluding hydrogens is 318 g/mol. The minimum Gasteiger partial charge on any atom is -0.382 e. The van der Waals surface area contributed by atoms with Crippen molar-refractivity contribution in [3.63, 3.8) is 0 Å². The van der Waals surface area contributed by atoms with E-state index >= 15 is 0 Å². The molecule has 0 spiro atoms. The molecule has 0 aliphatic carbocycles. The Morgan fingerprint density at radius 3 is 2.48 bits per heavy atom. The Labute approximate surface area is 143 Å². The number of amidine groups is 1. The van der Waals surface area contributed by atoms with Crippen LogP contribution in [0.25, 0.3) is 22.8 Å². The summed E-state index contributed by atoms with van der Waals surface area (Å²) in [7, 11) is 0. The predicted molar refractivity (Wildman–Crippen MR) is 93.8 cm³/mol. The first-order valence-electron chi connectivity index (χ1n) is 7.25. The fraction of sp³-hybridized carbons (Fsp3) is 0. The maximum atomic E-state index is 8.79. The highest BCUT2D eigenvalue weighted by atomic mass is 16.5. The highest BCUT2D eigenvalue weighted by molar-refractivity contribution is 6.45. The van der Waals surface area contributed by atoms with Crippen molar-refractivity contribution >= 4 is 17.2 Å². The molecule has 1 heterocycles. The molecule has 3 rings (SSSR count). The number of anilines is 1. The van der Waals surface area contributed by atoms with Crippen molar-refractivity contribution in [2.24, 2.45) is 10.8 Å². The van der Waals surface area contributed by atoms with E-state index in [2.05, 4.69) is 20.7 Å². The van der Waals surface area contributed by atoms with E-state index < -0.39 is 5.84 Å². The van der Waals surface area contributed by atoms with Crippen molar-refractivity contribution < 1.29 is 4.52 Å². The van der Waals surface area contributed by atoms with Gasteiger partial charge in [-0.1, -0.05) is 35.5 Å². The third-order valence-electron chi connectivity index (χ3n) is 3.25. The van der Waals surface area contributed by atoms with Gasteiger partial charge < -0.3 is 10.3 Å². The van der Waals surface area contributed by atoms with E-state index in [1.807, 2.05) is 30.3 Å². The van der Waals surface area contributed by atoms with E-state index in [0.29, 0.717) is 17.4 Å². The van der Waals surface area contributed by atoms with E-state index in [-0.39, 0.29) is 5.71 Å². The second kappa shape index (κ2) is 7.06. The van der Waals surface area contributed by atoms with Gasteiger partial charge in [-0.25, -0.2) is 0 Å². The van der Waals surface area contributed by atoms with Crippen LogP contribution in [-0.2, 0) is 0 Å². The first kappa shape index (κ1) is 15.9. The molecule has 0 atom stereocenters. The molecule has 4 N–H and O–H groups in total. The van der Waals surface area contributed by atoms with Crippen LogP contribution in [0.2, 0.25) is 0 Å². The van der Waals surface area contributed by atoms with E-state index in [9.17, 15) is 0 Å². The molecule has 0 fully saturated rings. The number of hydrogen-bond donors (Lipinski definition) is 3. The zero-order chi connectivity index (χ0) is 17.6. The van der Waals surface area contributed by atoms with Crippen LogP contribution in [-0.4, -0.2) is 21.7 Å². The van der Waals surface area contributed by atoms with Gasteiger partial charge in [0.15, 0.2) is 5.84 Å². The topological polar surface area (TPSA) is 137 Å². The number of nitrogens with one attached hydrogen (secondary N) is 2. The molecule has 0 radical (unpaired) electrons. The van der Waals surface area contributed by atoms with Gasteiger partial charge in [0.25, 0.3) is 5.89 Å². The summed E-state index contributed by atoms with van der Waals surface area (Å²) in [6, 6.07) is 18.3. The molecular formula is C17H13N7O. The van der Waals surface area contributed by atoms with Crippen molar-refractivity contribution in [1.82, 2.24) is 10.1 Å². The number of hydrazone groups is 1. The molecule has 25 heavy (non-hydrogen) atoms. The second-order valence-electron chi connectivity index (χ2n) is 4.96. The summed E-state index contributed by atoms with van der Waals surface area (Å²) in [5.41, 5.74) is 9.95. The van der Waals surface area contributed by atoms with Crippen LogP contribution in [0.5, 0.6) is 0 Å². The summed E-state index contributed by atoms with van der Waals surface area (Å²) in [4.78, 5) is 4.38. The summed E-state index contributed by atoms with van der Waals surface area (Å²) in [5.74, 6) is 0.517. The average molecular weight is 331 g/mol. The Balaban J connectivity index is 1.76. The fourth-order valence-corrected chi connectivity index (χ4v) is 2.00. The minimum absolute atomic E-state index is 0.187. The van der Waals surface area contributed by atoms with Crippen molar-refractivity contribution in [3.05, 3.63) is 54.6 Å². The van der Waals surface area contributed by atoms with Gasteiger partial charge in [-0.2, -0.15) is 15.3 Å². The van der Waals surface area contributed by atoms with E-state index in [0.717, 1.165) is 11.1 Å². The van der Waals surface area contributed by atoms with Crippen LogP contribution >= 0.6 is 0 Å². The quantitative estimate of drug-likeness (QED) is 0.373. The van der Waals surface area contributed by atoms with Crippen molar-refractivity contribution in [1.29, 1.82) is 10.7 Å². The molecule has 0 aliphatic heterocycles. The largest absolute Gasteiger partial charge is 0.382 e. The SMILES string of the molecule is N#C/C(=N\Nc1ccc(-c2nc(-c3ccccc3)no2)cc1)C(=N)N. The average Bonchev–Trinajstić information content (AvgIpc) is 3.13. The smallest absolute Gasteiger partial charge is 0.258 e. The van der Waals surface area contributed by atoms with Crippen molar-refractivity contribution in [3.8, 4) is 28.9 Å². The van der Waals surface area contributed by atoms with E-state index in [1.54, 1.807) is 30.3 Å². The lowest BCUT2D eigenvalue weighted by Crippen LogP contribution is -2.21. The molecule has 0 bridgehead atoms. The van der Waals surface area contributed by atoms with Crippen LogP contribution < -0.4 is 11.2 Å². The normalized spacial score (nSPS) is 10.9. The lowest BCUT2D eigenvalue weighted by molar-refractivity contribution is 0.432. The number of nitriles is 1. The van der Waals surface area contributed by atoms with Crippen LogP contribution in [0.1, 0.15) is 0 Å². The Morgan fingerprint density at radius 2 is 1.84 bits per heavy atom. The zero-order valence-corrected chi connectivity index (χ0v) is 13.0. The zero-order valence-electron chi connectivity index (χ0n) is 13.0. The number of nitrogens with zero attached hydrogens (tertiary/aromatic N) is 4. The third kappa shape index (κ3) is 3.68. The van der Waals surface area contributed by atoms with Gasteiger partial charge in [-0.15, -0.1) is 0 Å². The monoisotopic (exact) mass is 331 g/mol. The fourth-order valence-electron chi connectivity index (χ4n) is 2.00. The molecule has 0 amide bonds. The molecule has 2 aromatic carbocycles. The maximum Gasteiger partial charge on any atom is 0.258 e. The first-order valence-corrected chi connectivity index (χ1v) is 7.25. The number of hydrogen-bond acceptors (Lipinski definition) is 7. The van der Waals surface area contributed by atoms with Crippen molar-refractivity contribution in [2.75, 3.05) is 5.43 Å². The lowest BCUT2D eigenvalue weighted by atomic mass is 10.2. The summed E-state index contributed by atoms with van der Waals surface area (Å²) in [5, 5.41) is 23.7. The van der Waals surface area contributed by atoms with E-state index in [1.165, 1.54) is 0 Å². The van der Waals surface area contributed by atoms with Crippen LogP contribution in [0, 0.1) is 16.7 Å². The van der Waals surface area contributed by atoms with Gasteiger partial charge in [0.05, 0.1) is 5.69 Å². The Hall–Kier alpha value is -3.99. The number of nitrogens with two attached hydrogens (primary N) is 1. The Kier molecular flexibility index (Phi) is 4.49. The summed E-state index contributed by atoms with van der Waals surface area (Å²) in [6.45, 7) is 0. The summed E-state index contributed by atoms with van der Waals surface area (Å²) in [6.07, 6.45) is 0. The molecule has 8 nitrogen and oxygen atoms in total. The van der Waals surface area contributed by atoms with Crippen LogP contribution in [0.3, 0.4) is 0 Å². The highest BCUT2D eigenvalue weighted by Crippen LogP contribution is 2.23. The van der Waals surface area contributed by atoms with Crippen molar-refractivity contribution in [2.45, 2.75) is 0 Å². The van der Waals surface area contributed by atoms with Gasteiger partial charge in [-0.3, -0.25) is 10.8 Å².